The number of nitrogens with zero attached hydrogens (tertiary/aromatic N) is 3. The van der Waals surface area contributed by atoms with Gasteiger partial charge in [-0.2, -0.15) is 0 Å². The lowest BCUT2D eigenvalue weighted by Gasteiger charge is -2.24. The molecule has 0 N–H and O–H groups in total. The number of rotatable bonds is 5. The number of hydrogen-bond acceptors (Lipinski definition) is 3. The molecule has 1 heterocycles. The molecule has 250 valence electrons. The average Bonchev–Trinajstić information content (AvgIpc) is 3.47. The van der Waals surface area contributed by atoms with Gasteiger partial charge in [0.05, 0.1) is 0 Å². The van der Waals surface area contributed by atoms with Crippen LogP contribution in [0.4, 0.5) is 0 Å². The van der Waals surface area contributed by atoms with Crippen LogP contribution in [0.2, 0.25) is 0 Å². The standard InChI is InChI=1S/C50H35N3/c1-50(2)44-31-40(49-52-47(36-16-7-4-8-17-36)51-48(53-49)39-26-23-33-15-9-10-18-37(33)29-39)27-28-42(44)45-43(30-38-19-11-12-20-41(38)46(45)50)35-24-21-34(22-25-35)32-13-5-3-6-14-32/h3-31H,1-2H3. The molecule has 0 radical (unpaired) electrons. The summed E-state index contributed by atoms with van der Waals surface area (Å²) in [6.45, 7) is 4.72. The Morgan fingerprint density at radius 1 is 0.358 bits per heavy atom. The van der Waals surface area contributed by atoms with Gasteiger partial charge in [0.1, 0.15) is 0 Å². The van der Waals surface area contributed by atoms with E-state index in [0.717, 1.165) is 22.1 Å². The summed E-state index contributed by atoms with van der Waals surface area (Å²) in [5.41, 5.74) is 12.7. The monoisotopic (exact) mass is 677 g/mol. The van der Waals surface area contributed by atoms with Crippen LogP contribution < -0.4 is 0 Å². The fraction of sp³-hybridized carbons (Fsp3) is 0.0600. The Labute approximate surface area is 309 Å². The molecule has 1 aliphatic rings. The van der Waals surface area contributed by atoms with Crippen molar-refractivity contribution in [3.63, 3.8) is 0 Å². The lowest BCUT2D eigenvalue weighted by atomic mass is 9.79. The predicted octanol–water partition coefficient (Wildman–Crippen LogP) is 12.8. The van der Waals surface area contributed by atoms with E-state index in [1.54, 1.807) is 0 Å². The van der Waals surface area contributed by atoms with Crippen molar-refractivity contribution in [2.75, 3.05) is 0 Å². The number of aromatic nitrogens is 3. The van der Waals surface area contributed by atoms with E-state index < -0.39 is 0 Å². The Bertz CT molecular complexity index is 2840. The van der Waals surface area contributed by atoms with Crippen molar-refractivity contribution in [2.24, 2.45) is 0 Å². The van der Waals surface area contributed by atoms with Crippen LogP contribution in [0.3, 0.4) is 0 Å². The van der Waals surface area contributed by atoms with E-state index in [0.29, 0.717) is 17.5 Å². The fourth-order valence-corrected chi connectivity index (χ4v) is 8.21. The maximum atomic E-state index is 5.15. The van der Waals surface area contributed by atoms with Crippen molar-refractivity contribution in [1.29, 1.82) is 0 Å². The van der Waals surface area contributed by atoms with Crippen molar-refractivity contribution in [1.82, 2.24) is 15.0 Å². The Morgan fingerprint density at radius 3 is 1.58 bits per heavy atom. The third-order valence-electron chi connectivity index (χ3n) is 10.9. The third-order valence-corrected chi connectivity index (χ3v) is 10.9. The molecule has 0 aliphatic heterocycles. The Hall–Kier alpha value is -6.71. The first-order chi connectivity index (χ1) is 26.0. The zero-order valence-corrected chi connectivity index (χ0v) is 29.6. The lowest BCUT2D eigenvalue weighted by molar-refractivity contribution is 0.666. The van der Waals surface area contributed by atoms with Crippen molar-refractivity contribution in [2.45, 2.75) is 19.3 Å². The van der Waals surface area contributed by atoms with E-state index in [1.807, 2.05) is 18.2 Å². The largest absolute Gasteiger partial charge is 0.208 e. The Kier molecular flexibility index (Phi) is 7.16. The van der Waals surface area contributed by atoms with E-state index in [-0.39, 0.29) is 5.41 Å². The molecule has 53 heavy (non-hydrogen) atoms. The van der Waals surface area contributed by atoms with Gasteiger partial charge in [-0.1, -0.05) is 172 Å². The molecule has 0 atom stereocenters. The Morgan fingerprint density at radius 2 is 0.868 bits per heavy atom. The summed E-state index contributed by atoms with van der Waals surface area (Å²) in [5, 5.41) is 4.88. The second kappa shape index (κ2) is 12.2. The molecule has 3 heteroatoms. The van der Waals surface area contributed by atoms with E-state index in [2.05, 4.69) is 172 Å². The number of hydrogen-bond donors (Lipinski definition) is 0. The van der Waals surface area contributed by atoms with Crippen molar-refractivity contribution in [3.8, 4) is 67.5 Å². The highest BCUT2D eigenvalue weighted by Crippen LogP contribution is 2.55. The van der Waals surface area contributed by atoms with Crippen LogP contribution in [0.25, 0.3) is 89.1 Å². The molecule has 0 spiro atoms. The van der Waals surface area contributed by atoms with Gasteiger partial charge >= 0.3 is 0 Å². The van der Waals surface area contributed by atoms with E-state index in [4.69, 9.17) is 15.0 Å². The summed E-state index contributed by atoms with van der Waals surface area (Å²) in [6.07, 6.45) is 0. The molecule has 0 amide bonds. The van der Waals surface area contributed by atoms with E-state index in [1.165, 1.54) is 60.7 Å². The first-order valence-electron chi connectivity index (χ1n) is 18.2. The van der Waals surface area contributed by atoms with Crippen molar-refractivity contribution in [3.05, 3.63) is 187 Å². The molecule has 8 aromatic carbocycles. The molecule has 10 rings (SSSR count). The first kappa shape index (κ1) is 31.1. The van der Waals surface area contributed by atoms with Gasteiger partial charge in [-0.05, 0) is 84.3 Å². The van der Waals surface area contributed by atoms with Crippen molar-refractivity contribution >= 4 is 21.5 Å². The number of fused-ring (bicyclic) bond motifs is 6. The van der Waals surface area contributed by atoms with Crippen LogP contribution in [-0.2, 0) is 5.41 Å². The van der Waals surface area contributed by atoms with Crippen LogP contribution >= 0.6 is 0 Å². The van der Waals surface area contributed by atoms with Crippen LogP contribution in [0.1, 0.15) is 25.0 Å². The predicted molar refractivity (Wildman–Crippen MR) is 220 cm³/mol. The second-order valence-corrected chi connectivity index (χ2v) is 14.5. The second-order valence-electron chi connectivity index (χ2n) is 14.5. The SMILES string of the molecule is CC1(C)c2cc(-c3nc(-c4ccccc4)nc(-c4ccc5ccccc5c4)n3)ccc2-c2c(-c3ccc(-c4ccccc4)cc3)cc3ccccc3c21. The lowest BCUT2D eigenvalue weighted by Crippen LogP contribution is -2.16. The maximum Gasteiger partial charge on any atom is 0.164 e. The minimum atomic E-state index is -0.267. The molecule has 1 aromatic heterocycles. The molecule has 3 nitrogen and oxygen atoms in total. The zero-order valence-electron chi connectivity index (χ0n) is 29.6. The highest BCUT2D eigenvalue weighted by atomic mass is 15.0. The highest BCUT2D eigenvalue weighted by Gasteiger charge is 2.39. The van der Waals surface area contributed by atoms with Gasteiger partial charge in [-0.3, -0.25) is 0 Å². The summed E-state index contributed by atoms with van der Waals surface area (Å²) < 4.78 is 0. The normalized spacial score (nSPS) is 12.9. The zero-order chi connectivity index (χ0) is 35.5. The quantitative estimate of drug-likeness (QED) is 0.182. The minimum absolute atomic E-state index is 0.267. The summed E-state index contributed by atoms with van der Waals surface area (Å²) in [4.78, 5) is 15.3. The van der Waals surface area contributed by atoms with Gasteiger partial charge in [0.15, 0.2) is 17.5 Å². The molecule has 9 aromatic rings. The topological polar surface area (TPSA) is 38.7 Å². The van der Waals surface area contributed by atoms with Gasteiger partial charge in [0.25, 0.3) is 0 Å². The molecule has 0 bridgehead atoms. The first-order valence-corrected chi connectivity index (χ1v) is 18.2. The van der Waals surface area contributed by atoms with Gasteiger partial charge in [0, 0.05) is 22.1 Å². The molecular weight excluding hydrogens is 643 g/mol. The highest BCUT2D eigenvalue weighted by molar-refractivity contribution is 6.05. The third kappa shape index (κ3) is 5.24. The molecule has 0 unspecified atom stereocenters. The van der Waals surface area contributed by atoms with E-state index in [9.17, 15) is 0 Å². The molecule has 0 fully saturated rings. The molecule has 0 saturated heterocycles. The van der Waals surface area contributed by atoms with Crippen LogP contribution in [-0.4, -0.2) is 15.0 Å². The Balaban J connectivity index is 1.14. The minimum Gasteiger partial charge on any atom is -0.208 e. The average molecular weight is 678 g/mol. The molecular formula is C50H35N3. The summed E-state index contributed by atoms with van der Waals surface area (Å²) in [5.74, 6) is 1.99. The fourth-order valence-electron chi connectivity index (χ4n) is 8.21. The van der Waals surface area contributed by atoms with E-state index >= 15 is 0 Å². The van der Waals surface area contributed by atoms with Crippen molar-refractivity contribution < 1.29 is 0 Å². The van der Waals surface area contributed by atoms with Crippen LogP contribution in [0.15, 0.2) is 176 Å². The van der Waals surface area contributed by atoms with Gasteiger partial charge in [0.2, 0.25) is 0 Å². The molecule has 1 aliphatic carbocycles. The van der Waals surface area contributed by atoms with Gasteiger partial charge < -0.3 is 0 Å². The molecule has 0 saturated carbocycles. The number of benzene rings is 8. The summed E-state index contributed by atoms with van der Waals surface area (Å²) in [7, 11) is 0. The van der Waals surface area contributed by atoms with Crippen LogP contribution in [0, 0.1) is 0 Å². The summed E-state index contributed by atoms with van der Waals surface area (Å²) in [6, 6.07) is 62.6. The smallest absolute Gasteiger partial charge is 0.164 e. The van der Waals surface area contributed by atoms with Gasteiger partial charge in [-0.25, -0.2) is 15.0 Å². The van der Waals surface area contributed by atoms with Gasteiger partial charge in [-0.15, -0.1) is 0 Å². The van der Waals surface area contributed by atoms with Crippen LogP contribution in [0.5, 0.6) is 0 Å². The maximum absolute atomic E-state index is 5.15. The summed E-state index contributed by atoms with van der Waals surface area (Å²) >= 11 is 0.